The van der Waals surface area contributed by atoms with Gasteiger partial charge in [-0.05, 0) is 60.4 Å². The van der Waals surface area contributed by atoms with Crippen molar-refractivity contribution < 1.29 is 16.8 Å². The second-order valence-electron chi connectivity index (χ2n) is 9.67. The number of hydrogen-bond donors (Lipinski definition) is 1. The molecule has 8 heteroatoms. The van der Waals surface area contributed by atoms with Crippen molar-refractivity contribution in [2.24, 2.45) is 0 Å². The average molecular weight is 547 g/mol. The molecule has 0 aromatic heterocycles. The summed E-state index contributed by atoms with van der Waals surface area (Å²) in [6.07, 6.45) is 0. The lowest BCUT2D eigenvalue weighted by Gasteiger charge is -2.29. The Hall–Kier alpha value is -3.30. The number of nitrogens with one attached hydrogen (secondary N) is 1. The number of hydrogen-bond acceptors (Lipinski definition) is 5. The summed E-state index contributed by atoms with van der Waals surface area (Å²) >= 11 is 0. The van der Waals surface area contributed by atoms with Crippen molar-refractivity contribution in [2.45, 2.75) is 48.6 Å². The lowest BCUT2D eigenvalue weighted by atomic mass is 10.0. The lowest BCUT2D eigenvalue weighted by molar-refractivity contribution is 0.395. The highest BCUT2D eigenvalue weighted by Crippen LogP contribution is 2.33. The third kappa shape index (κ3) is 5.17. The summed E-state index contributed by atoms with van der Waals surface area (Å²) in [7, 11) is -7.73. The van der Waals surface area contributed by atoms with E-state index in [1.807, 2.05) is 44.2 Å². The van der Waals surface area contributed by atoms with Crippen molar-refractivity contribution in [2.75, 3.05) is 0 Å². The van der Waals surface area contributed by atoms with Crippen LogP contribution in [0.15, 0.2) is 107 Å². The zero-order valence-electron chi connectivity index (χ0n) is 21.3. The van der Waals surface area contributed by atoms with Crippen molar-refractivity contribution in [3.8, 4) is 0 Å². The van der Waals surface area contributed by atoms with Crippen LogP contribution in [-0.4, -0.2) is 21.1 Å². The van der Waals surface area contributed by atoms with E-state index in [4.69, 9.17) is 0 Å². The minimum Gasteiger partial charge on any atom is -0.293 e. The summed E-state index contributed by atoms with van der Waals surface area (Å²) in [6.45, 7) is 4.28. The number of fused-ring (bicyclic) bond motifs is 2. The van der Waals surface area contributed by atoms with Crippen LogP contribution in [0.5, 0.6) is 0 Å². The maximum Gasteiger partial charge on any atom is 0.243 e. The Bertz CT molecular complexity index is 1660. The fourth-order valence-electron chi connectivity index (χ4n) is 4.74. The van der Waals surface area contributed by atoms with Gasteiger partial charge in [0.05, 0.1) is 9.79 Å². The van der Waals surface area contributed by atoms with Crippen molar-refractivity contribution in [3.05, 3.63) is 130 Å². The number of sulfone groups is 1. The maximum absolute atomic E-state index is 14.0. The molecular weight excluding hydrogens is 516 g/mol. The monoisotopic (exact) mass is 546 g/mol. The molecule has 1 aliphatic rings. The molecule has 0 saturated carbocycles. The molecule has 0 aliphatic carbocycles. The molecule has 0 amide bonds. The van der Waals surface area contributed by atoms with Gasteiger partial charge >= 0.3 is 0 Å². The average Bonchev–Trinajstić information content (AvgIpc) is 2.90. The molecule has 0 bridgehead atoms. The molecule has 1 N–H and O–H groups in total. The summed E-state index contributed by atoms with van der Waals surface area (Å²) in [6, 6.07) is 28.3. The second kappa shape index (κ2) is 10.5. The van der Waals surface area contributed by atoms with Crippen LogP contribution in [-0.2, 0) is 39.5 Å². The van der Waals surface area contributed by atoms with Gasteiger partial charge in [-0.25, -0.2) is 16.8 Å². The molecule has 0 fully saturated rings. The molecule has 0 radical (unpaired) electrons. The second-order valence-corrected chi connectivity index (χ2v) is 13.6. The van der Waals surface area contributed by atoms with Crippen LogP contribution in [0.3, 0.4) is 0 Å². The van der Waals surface area contributed by atoms with Crippen LogP contribution in [0.2, 0.25) is 0 Å². The van der Waals surface area contributed by atoms with E-state index in [-0.39, 0.29) is 29.4 Å². The Balaban J connectivity index is 1.66. The molecule has 1 heterocycles. The Morgan fingerprint density at radius 1 is 0.632 bits per heavy atom. The molecule has 1 aliphatic heterocycles. The zero-order valence-corrected chi connectivity index (χ0v) is 23.0. The van der Waals surface area contributed by atoms with E-state index in [0.717, 1.165) is 22.3 Å². The van der Waals surface area contributed by atoms with E-state index in [2.05, 4.69) is 5.32 Å². The maximum atomic E-state index is 14.0. The lowest BCUT2D eigenvalue weighted by Crippen LogP contribution is -2.35. The van der Waals surface area contributed by atoms with E-state index in [1.165, 1.54) is 4.31 Å². The number of aryl methyl sites for hydroxylation is 2. The molecular formula is C30H30N2O4S2. The van der Waals surface area contributed by atoms with Crippen molar-refractivity contribution in [1.82, 2.24) is 9.62 Å². The minimum atomic E-state index is -3.88. The van der Waals surface area contributed by atoms with Crippen LogP contribution in [0, 0.1) is 13.8 Å². The van der Waals surface area contributed by atoms with Gasteiger partial charge in [0.15, 0.2) is 9.84 Å². The van der Waals surface area contributed by atoms with Crippen molar-refractivity contribution >= 4 is 19.9 Å². The van der Waals surface area contributed by atoms with Gasteiger partial charge in [-0.1, -0.05) is 83.9 Å². The Kier molecular flexibility index (Phi) is 7.24. The van der Waals surface area contributed by atoms with Crippen molar-refractivity contribution in [1.29, 1.82) is 0 Å². The van der Waals surface area contributed by atoms with E-state index in [0.29, 0.717) is 11.1 Å². The largest absolute Gasteiger partial charge is 0.293 e. The molecule has 0 spiro atoms. The first-order valence-electron chi connectivity index (χ1n) is 12.4. The van der Waals surface area contributed by atoms with E-state index >= 15 is 0 Å². The highest BCUT2D eigenvalue weighted by molar-refractivity contribution is 7.91. The first-order valence-corrected chi connectivity index (χ1v) is 15.4. The van der Waals surface area contributed by atoms with Gasteiger partial charge in [-0.15, -0.1) is 0 Å². The Labute approximate surface area is 224 Å². The smallest absolute Gasteiger partial charge is 0.243 e. The molecule has 4 aromatic rings. The van der Waals surface area contributed by atoms with Gasteiger partial charge in [0.2, 0.25) is 10.0 Å². The fourth-order valence-corrected chi connectivity index (χ4v) is 7.79. The van der Waals surface area contributed by atoms with Crippen LogP contribution >= 0.6 is 0 Å². The third-order valence-corrected chi connectivity index (χ3v) is 10.7. The highest BCUT2D eigenvalue weighted by atomic mass is 32.2. The summed E-state index contributed by atoms with van der Waals surface area (Å²) in [5, 5.41) is 2.23. The van der Waals surface area contributed by atoms with E-state index < -0.39 is 25.2 Å². The molecule has 4 aromatic carbocycles. The van der Waals surface area contributed by atoms with Gasteiger partial charge < -0.3 is 0 Å². The molecule has 196 valence electrons. The predicted octanol–water partition coefficient (Wildman–Crippen LogP) is 5.27. The first-order chi connectivity index (χ1) is 18.2. The molecule has 1 unspecified atom stereocenters. The van der Waals surface area contributed by atoms with Gasteiger partial charge in [0.25, 0.3) is 0 Å². The third-order valence-electron chi connectivity index (χ3n) is 6.95. The van der Waals surface area contributed by atoms with Crippen molar-refractivity contribution in [3.63, 3.8) is 0 Å². The van der Waals surface area contributed by atoms with Crippen LogP contribution in [0.1, 0.15) is 38.8 Å². The summed E-state index contributed by atoms with van der Waals surface area (Å²) in [4.78, 5) is 0.418. The molecule has 38 heavy (non-hydrogen) atoms. The summed E-state index contributed by atoms with van der Waals surface area (Å²) in [5.41, 5.74) is 4.78. The molecule has 0 saturated heterocycles. The molecule has 6 nitrogen and oxygen atoms in total. The predicted molar refractivity (Wildman–Crippen MR) is 148 cm³/mol. The minimum absolute atomic E-state index is 0.0301. The van der Waals surface area contributed by atoms with Gasteiger partial charge in [-0.3, -0.25) is 5.32 Å². The number of rotatable bonds is 4. The van der Waals surface area contributed by atoms with Crippen LogP contribution in [0.4, 0.5) is 0 Å². The standard InChI is InChI=1S/C30H30N2O4S2/c1-22-11-15-27(16-12-22)37(33,34)30-29-10-6-5-9-26(29)21-32(20-25-8-4-3-7-24(25)19-31-30)38(35,36)28-17-13-23(2)14-18-28/h3-18,30-31H,19-21H2,1-2H3. The Morgan fingerprint density at radius 2 is 1.13 bits per heavy atom. The quantitative estimate of drug-likeness (QED) is 0.377. The summed E-state index contributed by atoms with van der Waals surface area (Å²) < 4.78 is 57.2. The SMILES string of the molecule is Cc1ccc(S(=O)(=O)C2NCc3ccccc3CN(S(=O)(=O)c3ccc(C)cc3)Cc3ccccc32)cc1. The number of benzene rings is 4. The normalized spacial score (nSPS) is 16.8. The topological polar surface area (TPSA) is 83.6 Å². The van der Waals surface area contributed by atoms with Crippen LogP contribution in [0.25, 0.3) is 0 Å². The fraction of sp³-hybridized carbons (Fsp3) is 0.200. The van der Waals surface area contributed by atoms with E-state index in [1.54, 1.807) is 66.7 Å². The number of sulfonamides is 1. The molecule has 5 rings (SSSR count). The summed E-state index contributed by atoms with van der Waals surface area (Å²) in [5.74, 6) is 0. The Morgan fingerprint density at radius 3 is 1.76 bits per heavy atom. The number of nitrogens with zero attached hydrogens (tertiary/aromatic N) is 1. The van der Waals surface area contributed by atoms with E-state index in [9.17, 15) is 16.8 Å². The molecule has 1 atom stereocenters. The van der Waals surface area contributed by atoms with Gasteiger partial charge in [-0.2, -0.15) is 4.31 Å². The first kappa shape index (κ1) is 26.3. The van der Waals surface area contributed by atoms with Crippen LogP contribution < -0.4 is 5.32 Å². The zero-order chi connectivity index (χ0) is 26.9. The van der Waals surface area contributed by atoms with Gasteiger partial charge in [0.1, 0.15) is 5.37 Å². The van der Waals surface area contributed by atoms with Gasteiger partial charge in [0, 0.05) is 19.6 Å². The highest BCUT2D eigenvalue weighted by Gasteiger charge is 2.34.